The highest BCUT2D eigenvalue weighted by Gasteiger charge is 2.41. The van der Waals surface area contributed by atoms with Crippen molar-refractivity contribution < 1.29 is 5.11 Å². The first kappa shape index (κ1) is 16.5. The number of rotatable bonds is 5. The molecule has 2 aliphatic rings. The first-order valence-electron chi connectivity index (χ1n) is 9.05. The normalized spacial score (nSPS) is 24.0. The molecule has 1 saturated heterocycles. The standard InChI is InChI=1S/C19H24N4OS/c24-13-12-23-18(16-9-5-11-22(16)14-6-1-2-7-14)17(21-19(23)25)15-8-3-4-10-20-15/h3-5,8-11,14,17-18,24H,1-2,6-7,12-13H2,(H,21,25). The third-order valence-electron chi connectivity index (χ3n) is 5.37. The van der Waals surface area contributed by atoms with E-state index in [-0.39, 0.29) is 18.7 Å². The average molecular weight is 356 g/mol. The number of β-amino-alcohol motifs (C(OH)–C–C–N with tert-alkyl or cyclic N) is 1. The van der Waals surface area contributed by atoms with Crippen LogP contribution in [-0.2, 0) is 0 Å². The van der Waals surface area contributed by atoms with Crippen molar-refractivity contribution in [2.75, 3.05) is 13.2 Å². The first-order valence-corrected chi connectivity index (χ1v) is 9.46. The summed E-state index contributed by atoms with van der Waals surface area (Å²) in [4.78, 5) is 6.66. The fraction of sp³-hybridized carbons (Fsp3) is 0.474. The molecule has 1 aliphatic heterocycles. The van der Waals surface area contributed by atoms with E-state index in [0.717, 1.165) is 5.69 Å². The Kier molecular flexibility index (Phi) is 4.72. The minimum Gasteiger partial charge on any atom is -0.395 e. The van der Waals surface area contributed by atoms with Crippen LogP contribution in [0.3, 0.4) is 0 Å². The quantitative estimate of drug-likeness (QED) is 0.807. The largest absolute Gasteiger partial charge is 0.395 e. The number of aromatic nitrogens is 2. The summed E-state index contributed by atoms with van der Waals surface area (Å²) >= 11 is 5.58. The van der Waals surface area contributed by atoms with Crippen LogP contribution in [0.5, 0.6) is 0 Å². The van der Waals surface area contributed by atoms with Gasteiger partial charge in [0.05, 0.1) is 24.4 Å². The molecule has 2 unspecified atom stereocenters. The predicted octanol–water partition coefficient (Wildman–Crippen LogP) is 2.96. The van der Waals surface area contributed by atoms with Crippen molar-refractivity contribution in [3.8, 4) is 0 Å². The number of aliphatic hydroxyl groups excluding tert-OH is 1. The minimum atomic E-state index is -0.00435. The third kappa shape index (κ3) is 3.04. The zero-order valence-electron chi connectivity index (χ0n) is 14.2. The molecule has 1 aliphatic carbocycles. The van der Waals surface area contributed by atoms with Gasteiger partial charge in [-0.1, -0.05) is 18.9 Å². The van der Waals surface area contributed by atoms with Crippen LogP contribution in [0.1, 0.15) is 55.2 Å². The summed E-state index contributed by atoms with van der Waals surface area (Å²) in [5, 5.41) is 13.7. The summed E-state index contributed by atoms with van der Waals surface area (Å²) in [6, 6.07) is 10.9. The van der Waals surface area contributed by atoms with Crippen LogP contribution in [-0.4, -0.2) is 37.8 Å². The monoisotopic (exact) mass is 356 g/mol. The smallest absolute Gasteiger partial charge is 0.170 e. The molecule has 0 amide bonds. The number of hydrogen-bond donors (Lipinski definition) is 2. The summed E-state index contributed by atoms with van der Waals surface area (Å²) in [5.41, 5.74) is 2.23. The Morgan fingerprint density at radius 2 is 2.04 bits per heavy atom. The van der Waals surface area contributed by atoms with Gasteiger partial charge in [0.25, 0.3) is 0 Å². The van der Waals surface area contributed by atoms with Gasteiger partial charge in [0.15, 0.2) is 5.11 Å². The van der Waals surface area contributed by atoms with Crippen LogP contribution in [0.15, 0.2) is 42.7 Å². The zero-order chi connectivity index (χ0) is 17.2. The number of aliphatic hydroxyl groups is 1. The van der Waals surface area contributed by atoms with E-state index in [0.29, 0.717) is 17.7 Å². The number of pyridine rings is 1. The second-order valence-electron chi connectivity index (χ2n) is 6.82. The van der Waals surface area contributed by atoms with E-state index >= 15 is 0 Å². The van der Waals surface area contributed by atoms with Gasteiger partial charge in [-0.05, 0) is 49.3 Å². The van der Waals surface area contributed by atoms with Crippen LogP contribution >= 0.6 is 12.2 Å². The van der Waals surface area contributed by atoms with E-state index in [9.17, 15) is 5.11 Å². The van der Waals surface area contributed by atoms with Crippen molar-refractivity contribution in [1.29, 1.82) is 0 Å². The molecule has 5 nitrogen and oxygen atoms in total. The minimum absolute atomic E-state index is 0.00435. The first-order chi connectivity index (χ1) is 12.3. The molecule has 4 rings (SSSR count). The maximum Gasteiger partial charge on any atom is 0.170 e. The Morgan fingerprint density at radius 3 is 2.76 bits per heavy atom. The van der Waals surface area contributed by atoms with Crippen molar-refractivity contribution in [3.63, 3.8) is 0 Å². The van der Waals surface area contributed by atoms with E-state index in [4.69, 9.17) is 12.2 Å². The molecular weight excluding hydrogens is 332 g/mol. The summed E-state index contributed by atoms with van der Waals surface area (Å²) in [6.45, 7) is 0.604. The molecule has 0 bridgehead atoms. The Labute approximate surface area is 153 Å². The number of thiocarbonyl (C=S) groups is 1. The van der Waals surface area contributed by atoms with Crippen LogP contribution in [0.25, 0.3) is 0 Å². The fourth-order valence-electron chi connectivity index (χ4n) is 4.25. The SMILES string of the molecule is OCCN1C(=S)NC(c2ccccn2)C1c1cccn1C1CCCC1. The molecule has 0 radical (unpaired) electrons. The predicted molar refractivity (Wildman–Crippen MR) is 101 cm³/mol. The molecule has 132 valence electrons. The van der Waals surface area contributed by atoms with Gasteiger partial charge in [0, 0.05) is 30.7 Å². The van der Waals surface area contributed by atoms with E-state index in [2.05, 4.69) is 38.1 Å². The lowest BCUT2D eigenvalue weighted by atomic mass is 10.0. The number of nitrogens with zero attached hydrogens (tertiary/aromatic N) is 3. The Hall–Kier alpha value is -1.92. The van der Waals surface area contributed by atoms with Gasteiger partial charge < -0.3 is 19.9 Å². The van der Waals surface area contributed by atoms with E-state index < -0.39 is 0 Å². The van der Waals surface area contributed by atoms with E-state index in [1.807, 2.05) is 24.4 Å². The van der Waals surface area contributed by atoms with Gasteiger partial charge in [-0.25, -0.2) is 0 Å². The molecule has 25 heavy (non-hydrogen) atoms. The number of nitrogens with one attached hydrogen (secondary N) is 1. The van der Waals surface area contributed by atoms with Gasteiger partial charge in [0.2, 0.25) is 0 Å². The van der Waals surface area contributed by atoms with Crippen molar-refractivity contribution in [3.05, 3.63) is 54.1 Å². The summed E-state index contributed by atoms with van der Waals surface area (Å²) in [6.07, 6.45) is 9.09. The second-order valence-corrected chi connectivity index (χ2v) is 7.21. The molecule has 6 heteroatoms. The van der Waals surface area contributed by atoms with Crippen molar-refractivity contribution in [1.82, 2.24) is 19.8 Å². The van der Waals surface area contributed by atoms with Crippen LogP contribution < -0.4 is 5.32 Å². The summed E-state index contributed by atoms with van der Waals surface area (Å²) < 4.78 is 2.42. The molecule has 2 fully saturated rings. The lowest BCUT2D eigenvalue weighted by Crippen LogP contribution is -2.33. The molecule has 2 aromatic heterocycles. The van der Waals surface area contributed by atoms with Crippen molar-refractivity contribution >= 4 is 17.3 Å². The lowest BCUT2D eigenvalue weighted by Gasteiger charge is -2.30. The van der Waals surface area contributed by atoms with Crippen molar-refractivity contribution in [2.24, 2.45) is 0 Å². The fourth-order valence-corrected chi connectivity index (χ4v) is 4.58. The van der Waals surface area contributed by atoms with Gasteiger partial charge in [-0.15, -0.1) is 0 Å². The maximum absolute atomic E-state index is 9.55. The lowest BCUT2D eigenvalue weighted by molar-refractivity contribution is 0.217. The molecule has 3 heterocycles. The highest BCUT2D eigenvalue weighted by Crippen LogP contribution is 2.41. The Morgan fingerprint density at radius 1 is 1.20 bits per heavy atom. The van der Waals surface area contributed by atoms with Gasteiger partial charge >= 0.3 is 0 Å². The Bertz CT molecular complexity index is 726. The summed E-state index contributed by atoms with van der Waals surface area (Å²) in [7, 11) is 0. The Balaban J connectivity index is 1.74. The second kappa shape index (κ2) is 7.14. The number of hydrogen-bond acceptors (Lipinski definition) is 3. The van der Waals surface area contributed by atoms with E-state index in [1.54, 1.807) is 0 Å². The molecule has 2 N–H and O–H groups in total. The van der Waals surface area contributed by atoms with Gasteiger partial charge in [0.1, 0.15) is 0 Å². The third-order valence-corrected chi connectivity index (χ3v) is 5.72. The molecule has 2 aromatic rings. The maximum atomic E-state index is 9.55. The molecule has 2 atom stereocenters. The zero-order valence-corrected chi connectivity index (χ0v) is 15.0. The van der Waals surface area contributed by atoms with Crippen LogP contribution in [0, 0.1) is 0 Å². The van der Waals surface area contributed by atoms with Crippen LogP contribution in [0.4, 0.5) is 0 Å². The van der Waals surface area contributed by atoms with Gasteiger partial charge in [-0.2, -0.15) is 0 Å². The summed E-state index contributed by atoms with van der Waals surface area (Å²) in [5.74, 6) is 0. The molecule has 0 spiro atoms. The van der Waals surface area contributed by atoms with Crippen LogP contribution in [0.2, 0.25) is 0 Å². The molecular formula is C19H24N4OS. The van der Waals surface area contributed by atoms with Crippen molar-refractivity contribution in [2.45, 2.75) is 43.8 Å². The molecule has 0 aromatic carbocycles. The highest BCUT2D eigenvalue weighted by molar-refractivity contribution is 7.80. The van der Waals surface area contributed by atoms with Gasteiger partial charge in [-0.3, -0.25) is 4.98 Å². The topological polar surface area (TPSA) is 53.3 Å². The average Bonchev–Trinajstić information content (AvgIpc) is 3.36. The highest BCUT2D eigenvalue weighted by atomic mass is 32.1. The molecule has 1 saturated carbocycles. The van der Waals surface area contributed by atoms with E-state index in [1.165, 1.54) is 31.4 Å².